The van der Waals surface area contributed by atoms with Crippen LogP contribution in [0.3, 0.4) is 0 Å². The van der Waals surface area contributed by atoms with E-state index in [2.05, 4.69) is 42.3 Å². The van der Waals surface area contributed by atoms with Crippen LogP contribution < -0.4 is 10.1 Å². The lowest BCUT2D eigenvalue weighted by molar-refractivity contribution is 0.342. The van der Waals surface area contributed by atoms with Crippen LogP contribution in [-0.2, 0) is 6.42 Å². The lowest BCUT2D eigenvalue weighted by Crippen LogP contribution is -2.29. The van der Waals surface area contributed by atoms with Crippen molar-refractivity contribution >= 4 is 11.8 Å². The summed E-state index contributed by atoms with van der Waals surface area (Å²) >= 11 is 2.20. The van der Waals surface area contributed by atoms with E-state index >= 15 is 0 Å². The van der Waals surface area contributed by atoms with Gasteiger partial charge in [0.2, 0.25) is 0 Å². The molecule has 2 nitrogen and oxygen atoms in total. The highest BCUT2D eigenvalue weighted by atomic mass is 32.2. The van der Waals surface area contributed by atoms with Gasteiger partial charge in [0.15, 0.2) is 0 Å². The third kappa shape index (κ3) is 3.62. The van der Waals surface area contributed by atoms with Gasteiger partial charge in [-0.3, -0.25) is 0 Å². The zero-order valence-corrected chi connectivity index (χ0v) is 14.8. The average Bonchev–Trinajstić information content (AvgIpc) is 3.06. The van der Waals surface area contributed by atoms with Crippen LogP contribution in [0.2, 0.25) is 0 Å². The van der Waals surface area contributed by atoms with Crippen LogP contribution in [0.25, 0.3) is 0 Å². The van der Waals surface area contributed by atoms with Gasteiger partial charge in [-0.15, -0.1) is 0 Å². The van der Waals surface area contributed by atoms with Crippen molar-refractivity contribution in [2.75, 3.05) is 26.5 Å². The summed E-state index contributed by atoms with van der Waals surface area (Å²) in [5.41, 5.74) is 3.12. The number of rotatable bonds is 6. The molecule has 0 spiro atoms. The first kappa shape index (κ1) is 16.2. The fourth-order valence-electron chi connectivity index (χ4n) is 4.26. The molecule has 0 saturated carbocycles. The van der Waals surface area contributed by atoms with Crippen LogP contribution in [0, 0.1) is 5.92 Å². The van der Waals surface area contributed by atoms with Crippen molar-refractivity contribution in [2.24, 2.45) is 5.92 Å². The Balaban J connectivity index is 1.79. The third-order valence-corrected chi connectivity index (χ3v) is 6.76. The first-order valence-corrected chi connectivity index (χ1v) is 9.79. The van der Waals surface area contributed by atoms with Gasteiger partial charge < -0.3 is 10.1 Å². The van der Waals surface area contributed by atoms with Crippen molar-refractivity contribution in [3.8, 4) is 5.75 Å². The van der Waals surface area contributed by atoms with Crippen LogP contribution in [0.1, 0.15) is 49.1 Å². The van der Waals surface area contributed by atoms with E-state index < -0.39 is 0 Å². The Labute approximate surface area is 139 Å². The summed E-state index contributed by atoms with van der Waals surface area (Å²) in [6, 6.07) is 6.75. The van der Waals surface area contributed by atoms with Gasteiger partial charge in [-0.2, -0.15) is 11.8 Å². The van der Waals surface area contributed by atoms with Crippen molar-refractivity contribution in [2.45, 2.75) is 49.7 Å². The normalized spacial score (nSPS) is 25.7. The van der Waals surface area contributed by atoms with E-state index in [0.29, 0.717) is 0 Å². The second kappa shape index (κ2) is 7.74. The largest absolute Gasteiger partial charge is 0.497 e. The predicted octanol–water partition coefficient (Wildman–Crippen LogP) is 4.24. The topological polar surface area (TPSA) is 21.3 Å². The summed E-state index contributed by atoms with van der Waals surface area (Å²) in [6.45, 7) is 1.15. The Morgan fingerprint density at radius 1 is 1.32 bits per heavy atom. The zero-order valence-electron chi connectivity index (χ0n) is 13.9. The average molecular weight is 320 g/mol. The highest BCUT2D eigenvalue weighted by Crippen LogP contribution is 2.42. The van der Waals surface area contributed by atoms with Crippen molar-refractivity contribution in [1.82, 2.24) is 5.32 Å². The molecule has 1 aromatic carbocycles. The molecule has 0 aromatic heterocycles. The van der Waals surface area contributed by atoms with E-state index in [4.69, 9.17) is 4.74 Å². The number of thioether (sulfide) groups is 1. The smallest absolute Gasteiger partial charge is 0.119 e. The van der Waals surface area contributed by atoms with E-state index in [9.17, 15) is 0 Å². The second-order valence-corrected chi connectivity index (χ2v) is 8.16. The van der Waals surface area contributed by atoms with E-state index in [1.807, 2.05) is 0 Å². The van der Waals surface area contributed by atoms with Gasteiger partial charge in [0.25, 0.3) is 0 Å². The number of hydrogen-bond acceptors (Lipinski definition) is 3. The van der Waals surface area contributed by atoms with E-state index in [1.54, 1.807) is 12.7 Å². The molecular weight excluding hydrogens is 290 g/mol. The van der Waals surface area contributed by atoms with Crippen molar-refractivity contribution in [1.29, 1.82) is 0 Å². The lowest BCUT2D eigenvalue weighted by Gasteiger charge is -2.34. The summed E-state index contributed by atoms with van der Waals surface area (Å²) in [5.74, 6) is 3.88. The van der Waals surface area contributed by atoms with Gasteiger partial charge in [0.05, 0.1) is 7.11 Å². The zero-order chi connectivity index (χ0) is 15.4. The van der Waals surface area contributed by atoms with Crippen molar-refractivity contribution < 1.29 is 4.74 Å². The molecule has 3 rings (SSSR count). The summed E-state index contributed by atoms with van der Waals surface area (Å²) in [6.07, 6.45) is 8.11. The van der Waals surface area contributed by atoms with E-state index in [0.717, 1.165) is 29.4 Å². The number of fused-ring (bicyclic) bond motifs is 1. The molecule has 1 fully saturated rings. The molecule has 122 valence electrons. The number of hydrogen-bond donors (Lipinski definition) is 1. The molecule has 1 aromatic rings. The fourth-order valence-corrected chi connectivity index (χ4v) is 5.65. The third-order valence-electron chi connectivity index (χ3n) is 5.34. The quantitative estimate of drug-likeness (QED) is 0.847. The van der Waals surface area contributed by atoms with Gasteiger partial charge >= 0.3 is 0 Å². The van der Waals surface area contributed by atoms with Crippen LogP contribution in [0.15, 0.2) is 18.2 Å². The van der Waals surface area contributed by atoms with Gasteiger partial charge in [-0.25, -0.2) is 0 Å². The summed E-state index contributed by atoms with van der Waals surface area (Å²) in [7, 11) is 3.87. The molecule has 0 amide bonds. The number of aryl methyl sites for hydroxylation is 1. The highest BCUT2D eigenvalue weighted by molar-refractivity contribution is 8.00. The van der Waals surface area contributed by atoms with Crippen LogP contribution in [0.4, 0.5) is 0 Å². The molecule has 0 bridgehead atoms. The van der Waals surface area contributed by atoms with Gasteiger partial charge in [0, 0.05) is 5.25 Å². The van der Waals surface area contributed by atoms with Gasteiger partial charge in [-0.05, 0) is 93.0 Å². The number of ether oxygens (including phenoxy) is 1. The number of benzene rings is 1. The highest BCUT2D eigenvalue weighted by Gasteiger charge is 2.30. The first-order valence-electron chi connectivity index (χ1n) is 8.75. The minimum Gasteiger partial charge on any atom is -0.497 e. The Hall–Kier alpha value is -0.670. The molecule has 3 unspecified atom stereocenters. The predicted molar refractivity (Wildman–Crippen MR) is 96.2 cm³/mol. The van der Waals surface area contributed by atoms with E-state index in [1.165, 1.54) is 49.8 Å². The molecule has 1 aliphatic heterocycles. The lowest BCUT2D eigenvalue weighted by atomic mass is 9.74. The van der Waals surface area contributed by atoms with Crippen LogP contribution >= 0.6 is 11.8 Å². The molecule has 1 aliphatic carbocycles. The second-order valence-electron chi connectivity index (χ2n) is 6.75. The first-order chi connectivity index (χ1) is 10.8. The van der Waals surface area contributed by atoms with Crippen molar-refractivity contribution in [3.63, 3.8) is 0 Å². The maximum Gasteiger partial charge on any atom is 0.119 e. The fraction of sp³-hybridized carbons (Fsp3) is 0.684. The molecule has 22 heavy (non-hydrogen) atoms. The Bertz CT molecular complexity index is 484. The standard InChI is InChI=1S/C19H29NOS/c1-20-13-15(12-17-6-4-10-22-17)18-7-3-5-14-11-16(21-2)8-9-19(14)18/h8-9,11,15,17-18,20H,3-7,10,12-13H2,1-2H3. The molecule has 1 saturated heterocycles. The minimum atomic E-state index is 0.725. The summed E-state index contributed by atoms with van der Waals surface area (Å²) in [5, 5.41) is 4.35. The molecule has 3 heteroatoms. The van der Waals surface area contributed by atoms with Crippen molar-refractivity contribution in [3.05, 3.63) is 29.3 Å². The van der Waals surface area contributed by atoms with Crippen LogP contribution in [-0.4, -0.2) is 31.7 Å². The molecule has 0 radical (unpaired) electrons. The molecule has 1 N–H and O–H groups in total. The van der Waals surface area contributed by atoms with Crippen LogP contribution in [0.5, 0.6) is 5.75 Å². The maximum absolute atomic E-state index is 5.42. The molecule has 1 heterocycles. The SMILES string of the molecule is CNCC(CC1CCCS1)C1CCCc2cc(OC)ccc21. The number of nitrogens with one attached hydrogen (secondary N) is 1. The summed E-state index contributed by atoms with van der Waals surface area (Å²) < 4.78 is 5.42. The van der Waals surface area contributed by atoms with Gasteiger partial charge in [-0.1, -0.05) is 6.07 Å². The molecule has 2 aliphatic rings. The summed E-state index contributed by atoms with van der Waals surface area (Å²) in [4.78, 5) is 0. The number of methoxy groups -OCH3 is 1. The van der Waals surface area contributed by atoms with E-state index in [-0.39, 0.29) is 0 Å². The Morgan fingerprint density at radius 3 is 2.95 bits per heavy atom. The Kier molecular flexibility index (Phi) is 5.70. The molecule has 3 atom stereocenters. The monoisotopic (exact) mass is 319 g/mol. The molecular formula is C19H29NOS. The van der Waals surface area contributed by atoms with Gasteiger partial charge in [0.1, 0.15) is 5.75 Å². The minimum absolute atomic E-state index is 0.725. The maximum atomic E-state index is 5.42. The Morgan fingerprint density at radius 2 is 2.23 bits per heavy atom.